The molecule has 0 radical (unpaired) electrons. The lowest BCUT2D eigenvalue weighted by atomic mass is 10.1. The minimum Gasteiger partial charge on any atom is -0.493 e. The van der Waals surface area contributed by atoms with Crippen LogP contribution in [-0.4, -0.2) is 20.9 Å². The second kappa shape index (κ2) is 8.49. The average Bonchev–Trinajstić information content (AvgIpc) is 2.72. The number of sulfonamides is 1. The number of hydrogen-bond donors (Lipinski definition) is 0. The van der Waals surface area contributed by atoms with E-state index >= 15 is 0 Å². The molecule has 6 heteroatoms. The van der Waals surface area contributed by atoms with Gasteiger partial charge in [-0.3, -0.25) is 4.79 Å². The highest BCUT2D eigenvalue weighted by atomic mass is 32.2. The Morgan fingerprint density at radius 2 is 1.59 bits per heavy atom. The van der Waals surface area contributed by atoms with E-state index < -0.39 is 15.9 Å². The van der Waals surface area contributed by atoms with Crippen molar-refractivity contribution in [2.24, 2.45) is 0 Å². The number of aryl methyl sites for hydroxylation is 2. The monoisotopic (exact) mass is 409 g/mol. The van der Waals surface area contributed by atoms with Crippen molar-refractivity contribution in [3.05, 3.63) is 89.5 Å². The first-order valence-corrected chi connectivity index (χ1v) is 10.7. The Morgan fingerprint density at radius 3 is 2.28 bits per heavy atom. The first-order chi connectivity index (χ1) is 13.9. The Bertz CT molecular complexity index is 1120. The van der Waals surface area contributed by atoms with Gasteiger partial charge in [-0.1, -0.05) is 42.5 Å². The lowest BCUT2D eigenvalue weighted by molar-refractivity contribution is 0.100. The Balaban J connectivity index is 2.24. The minimum absolute atomic E-state index is 0.0446. The molecule has 0 saturated carbocycles. The van der Waals surface area contributed by atoms with Gasteiger partial charge < -0.3 is 4.74 Å². The predicted octanol–water partition coefficient (Wildman–Crippen LogP) is 4.74. The SMILES string of the molecule is CCOc1ccccc1C(=O)N(c1cc(C)ccc1C)S(=O)(=O)c1ccccc1. The van der Waals surface area contributed by atoms with Crippen LogP contribution >= 0.6 is 0 Å². The molecular formula is C23H23NO4S. The van der Waals surface area contributed by atoms with Crippen molar-refractivity contribution in [3.8, 4) is 5.75 Å². The maximum absolute atomic E-state index is 13.6. The first-order valence-electron chi connectivity index (χ1n) is 9.30. The summed E-state index contributed by atoms with van der Waals surface area (Å²) in [5.74, 6) is -0.315. The Kier molecular flexibility index (Phi) is 6.03. The van der Waals surface area contributed by atoms with Gasteiger partial charge in [0.15, 0.2) is 0 Å². The molecule has 1 amide bonds. The Hall–Kier alpha value is -3.12. The van der Waals surface area contributed by atoms with E-state index in [0.29, 0.717) is 23.6 Å². The van der Waals surface area contributed by atoms with Gasteiger partial charge in [0.05, 0.1) is 22.8 Å². The quantitative estimate of drug-likeness (QED) is 0.590. The number of amides is 1. The number of anilines is 1. The maximum atomic E-state index is 13.6. The fraction of sp³-hybridized carbons (Fsp3) is 0.174. The molecule has 0 atom stereocenters. The number of benzene rings is 3. The van der Waals surface area contributed by atoms with Crippen LogP contribution in [0.4, 0.5) is 5.69 Å². The molecule has 3 aromatic carbocycles. The lowest BCUT2D eigenvalue weighted by Gasteiger charge is -2.25. The second-order valence-electron chi connectivity index (χ2n) is 6.61. The third-order valence-corrected chi connectivity index (χ3v) is 6.18. The molecule has 0 heterocycles. The van der Waals surface area contributed by atoms with Gasteiger partial charge in [-0.15, -0.1) is 0 Å². The predicted molar refractivity (Wildman–Crippen MR) is 114 cm³/mol. The van der Waals surface area contributed by atoms with Gasteiger partial charge in [0, 0.05) is 0 Å². The normalized spacial score (nSPS) is 11.1. The molecule has 0 spiro atoms. The van der Waals surface area contributed by atoms with E-state index in [-0.39, 0.29) is 10.5 Å². The van der Waals surface area contributed by atoms with Crippen molar-refractivity contribution in [2.45, 2.75) is 25.7 Å². The van der Waals surface area contributed by atoms with Crippen LogP contribution in [0.1, 0.15) is 28.4 Å². The number of rotatable bonds is 6. The van der Waals surface area contributed by atoms with E-state index in [0.717, 1.165) is 9.87 Å². The van der Waals surface area contributed by atoms with Gasteiger partial charge in [0.25, 0.3) is 15.9 Å². The minimum atomic E-state index is -4.14. The van der Waals surface area contributed by atoms with Crippen LogP contribution in [0.2, 0.25) is 0 Å². The van der Waals surface area contributed by atoms with Crippen LogP contribution in [0.5, 0.6) is 5.75 Å². The lowest BCUT2D eigenvalue weighted by Crippen LogP contribution is -2.37. The summed E-state index contributed by atoms with van der Waals surface area (Å²) in [6.07, 6.45) is 0. The van der Waals surface area contributed by atoms with E-state index in [4.69, 9.17) is 4.74 Å². The van der Waals surface area contributed by atoms with Crippen molar-refractivity contribution in [2.75, 3.05) is 10.9 Å². The van der Waals surface area contributed by atoms with Crippen molar-refractivity contribution >= 4 is 21.6 Å². The highest BCUT2D eigenvalue weighted by Crippen LogP contribution is 2.31. The largest absolute Gasteiger partial charge is 0.493 e. The molecule has 0 aliphatic rings. The van der Waals surface area contributed by atoms with E-state index in [1.165, 1.54) is 12.1 Å². The van der Waals surface area contributed by atoms with Crippen LogP contribution in [0.25, 0.3) is 0 Å². The summed E-state index contributed by atoms with van der Waals surface area (Å²) >= 11 is 0. The zero-order valence-corrected chi connectivity index (χ0v) is 17.4. The molecule has 3 rings (SSSR count). The standard InChI is InChI=1S/C23H23NO4S/c1-4-28-22-13-9-8-12-20(22)23(25)24(21-16-17(2)14-15-18(21)3)29(26,27)19-10-6-5-7-11-19/h5-16H,4H2,1-3H3. The molecule has 0 aliphatic carbocycles. The molecule has 29 heavy (non-hydrogen) atoms. The molecule has 0 aliphatic heterocycles. The number of carbonyl (C=O) groups is 1. The van der Waals surface area contributed by atoms with Gasteiger partial charge >= 0.3 is 0 Å². The summed E-state index contributed by atoms with van der Waals surface area (Å²) in [5.41, 5.74) is 2.04. The van der Waals surface area contributed by atoms with Crippen LogP contribution in [0.15, 0.2) is 77.7 Å². The summed E-state index contributed by atoms with van der Waals surface area (Å²) in [5, 5.41) is 0. The Labute approximate surface area is 171 Å². The summed E-state index contributed by atoms with van der Waals surface area (Å²) in [7, 11) is -4.14. The average molecular weight is 410 g/mol. The van der Waals surface area contributed by atoms with Gasteiger partial charge in [0.2, 0.25) is 0 Å². The molecule has 0 unspecified atom stereocenters. The van der Waals surface area contributed by atoms with Gasteiger partial charge in [-0.05, 0) is 62.2 Å². The molecule has 0 saturated heterocycles. The smallest absolute Gasteiger partial charge is 0.276 e. The zero-order chi connectivity index (χ0) is 21.0. The first kappa shape index (κ1) is 20.6. The molecule has 5 nitrogen and oxygen atoms in total. The molecule has 0 N–H and O–H groups in total. The fourth-order valence-electron chi connectivity index (χ4n) is 3.02. The van der Waals surface area contributed by atoms with E-state index in [1.54, 1.807) is 61.5 Å². The van der Waals surface area contributed by atoms with Crippen molar-refractivity contribution in [1.82, 2.24) is 0 Å². The fourth-order valence-corrected chi connectivity index (χ4v) is 4.50. The van der Waals surface area contributed by atoms with Crippen molar-refractivity contribution in [3.63, 3.8) is 0 Å². The van der Waals surface area contributed by atoms with E-state index in [2.05, 4.69) is 0 Å². The molecule has 0 aromatic heterocycles. The zero-order valence-electron chi connectivity index (χ0n) is 16.6. The molecule has 150 valence electrons. The van der Waals surface area contributed by atoms with Crippen LogP contribution < -0.4 is 9.04 Å². The molecule has 0 fully saturated rings. The van der Waals surface area contributed by atoms with E-state index in [1.807, 2.05) is 19.9 Å². The summed E-state index contributed by atoms with van der Waals surface area (Å²) in [4.78, 5) is 13.6. The molecule has 3 aromatic rings. The number of ether oxygens (including phenoxy) is 1. The van der Waals surface area contributed by atoms with Gasteiger partial charge in [0.1, 0.15) is 5.75 Å². The van der Waals surface area contributed by atoms with Crippen LogP contribution in [0.3, 0.4) is 0 Å². The number of carbonyl (C=O) groups excluding carboxylic acids is 1. The highest BCUT2D eigenvalue weighted by molar-refractivity contribution is 7.93. The number of para-hydroxylation sites is 1. The number of nitrogens with zero attached hydrogens (tertiary/aromatic N) is 1. The second-order valence-corrected chi connectivity index (χ2v) is 8.39. The summed E-state index contributed by atoms with van der Waals surface area (Å²) in [6.45, 7) is 5.81. The third-order valence-electron chi connectivity index (χ3n) is 4.47. The topological polar surface area (TPSA) is 63.7 Å². The van der Waals surface area contributed by atoms with Gasteiger partial charge in [-0.2, -0.15) is 4.31 Å². The maximum Gasteiger partial charge on any atom is 0.276 e. The number of hydrogen-bond acceptors (Lipinski definition) is 4. The molecule has 0 bridgehead atoms. The third kappa shape index (κ3) is 4.17. The van der Waals surface area contributed by atoms with E-state index in [9.17, 15) is 13.2 Å². The van der Waals surface area contributed by atoms with Crippen LogP contribution in [0, 0.1) is 13.8 Å². The van der Waals surface area contributed by atoms with Crippen molar-refractivity contribution < 1.29 is 17.9 Å². The summed E-state index contributed by atoms with van der Waals surface area (Å²) < 4.78 is 33.5. The summed E-state index contributed by atoms with van der Waals surface area (Å²) in [6, 6.07) is 20.0. The Morgan fingerprint density at radius 1 is 0.931 bits per heavy atom. The highest BCUT2D eigenvalue weighted by Gasteiger charge is 2.34. The van der Waals surface area contributed by atoms with Crippen molar-refractivity contribution in [1.29, 1.82) is 0 Å². The van der Waals surface area contributed by atoms with Crippen LogP contribution in [-0.2, 0) is 10.0 Å². The van der Waals surface area contributed by atoms with Gasteiger partial charge in [-0.25, -0.2) is 8.42 Å². The molecular weight excluding hydrogens is 386 g/mol.